The van der Waals surface area contributed by atoms with Crippen LogP contribution in [0.4, 0.5) is 0 Å². The zero-order valence-corrected chi connectivity index (χ0v) is 14.1. The molecule has 0 aliphatic heterocycles. The van der Waals surface area contributed by atoms with Crippen molar-refractivity contribution in [2.45, 2.75) is 37.6 Å². The first-order valence-corrected chi connectivity index (χ1v) is 8.62. The molecule has 21 heavy (non-hydrogen) atoms. The summed E-state index contributed by atoms with van der Waals surface area (Å²) in [6.45, 7) is 4.15. The molecule has 2 N–H and O–H groups in total. The average molecular weight is 329 g/mol. The van der Waals surface area contributed by atoms with Crippen LogP contribution < -0.4 is 5.73 Å². The number of nitrogens with two attached hydrogens (primary N) is 1. The molecule has 0 saturated carbocycles. The highest BCUT2D eigenvalue weighted by Crippen LogP contribution is 2.26. The highest BCUT2D eigenvalue weighted by molar-refractivity contribution is 7.89. The Morgan fingerprint density at radius 3 is 2.62 bits per heavy atom. The Morgan fingerprint density at radius 2 is 2.10 bits per heavy atom. The van der Waals surface area contributed by atoms with Crippen LogP contribution in [0.5, 0.6) is 0 Å². The molecule has 0 saturated heterocycles. The molecule has 0 spiro atoms. The summed E-state index contributed by atoms with van der Waals surface area (Å²) in [7, 11) is -2.02. The molecule has 1 atom stereocenters. The number of hydrogen-bond acceptors (Lipinski definition) is 3. The Kier molecular flexibility index (Phi) is 6.69. The monoisotopic (exact) mass is 328 g/mol. The Labute approximate surface area is 132 Å². The third-order valence-electron chi connectivity index (χ3n) is 3.25. The van der Waals surface area contributed by atoms with E-state index in [1.165, 1.54) is 10.4 Å². The fraction of sp³-hybridized carbons (Fsp3) is 0.467. The highest BCUT2D eigenvalue weighted by Gasteiger charge is 2.27. The Hall–Kier alpha value is -1.06. The number of halogens is 1. The minimum absolute atomic E-state index is 0.0761. The van der Waals surface area contributed by atoms with E-state index in [4.69, 9.17) is 17.3 Å². The molecule has 4 nitrogen and oxygen atoms in total. The predicted octanol–water partition coefficient (Wildman–Crippen LogP) is 2.46. The summed E-state index contributed by atoms with van der Waals surface area (Å²) in [5.41, 5.74) is 5.95. The minimum Gasteiger partial charge on any atom is -0.320 e. The number of sulfonamides is 1. The fourth-order valence-electron chi connectivity index (χ4n) is 1.93. The average Bonchev–Trinajstić information content (AvgIpc) is 2.44. The van der Waals surface area contributed by atoms with Gasteiger partial charge in [0.25, 0.3) is 0 Å². The Morgan fingerprint density at radius 1 is 1.43 bits per heavy atom. The Balaban J connectivity index is 3.15. The zero-order chi connectivity index (χ0) is 16.0. The molecule has 0 aromatic heterocycles. The SMILES string of the molecule is CCCC(C)N(C)S(=O)(=O)c1ccc(C#CCN)cc1Cl. The molecule has 1 unspecified atom stereocenters. The standard InChI is InChI=1S/C15H21ClN2O2S/c1-4-6-12(2)18(3)21(19,20)15-9-8-13(7-5-10-17)11-14(15)16/h8-9,11-12H,4,6,10,17H2,1-3H3. The summed E-state index contributed by atoms with van der Waals surface area (Å²) >= 11 is 6.11. The molecule has 0 aliphatic carbocycles. The van der Waals surface area contributed by atoms with Crippen LogP contribution in [-0.2, 0) is 10.0 Å². The first-order valence-electron chi connectivity index (χ1n) is 6.81. The van der Waals surface area contributed by atoms with Crippen LogP contribution in [-0.4, -0.2) is 32.4 Å². The van der Waals surface area contributed by atoms with E-state index in [2.05, 4.69) is 11.8 Å². The van der Waals surface area contributed by atoms with Gasteiger partial charge in [0.1, 0.15) is 4.90 Å². The van der Waals surface area contributed by atoms with Gasteiger partial charge in [-0.3, -0.25) is 0 Å². The molecule has 0 radical (unpaired) electrons. The van der Waals surface area contributed by atoms with Gasteiger partial charge in [0, 0.05) is 18.7 Å². The van der Waals surface area contributed by atoms with Crippen LogP contribution in [0.2, 0.25) is 5.02 Å². The quantitative estimate of drug-likeness (QED) is 0.844. The van der Waals surface area contributed by atoms with E-state index in [1.807, 2.05) is 13.8 Å². The van der Waals surface area contributed by atoms with Gasteiger partial charge in [0.2, 0.25) is 10.0 Å². The van der Waals surface area contributed by atoms with Crippen LogP contribution in [0.25, 0.3) is 0 Å². The number of hydrogen-bond donors (Lipinski definition) is 1. The van der Waals surface area contributed by atoms with Crippen LogP contribution >= 0.6 is 11.6 Å². The summed E-state index contributed by atoms with van der Waals surface area (Å²) in [6, 6.07) is 4.61. The largest absolute Gasteiger partial charge is 0.320 e. The maximum atomic E-state index is 12.6. The molecule has 1 aromatic rings. The third kappa shape index (κ3) is 4.45. The normalized spacial score (nSPS) is 12.9. The highest BCUT2D eigenvalue weighted by atomic mass is 35.5. The van der Waals surface area contributed by atoms with Crippen molar-refractivity contribution in [1.29, 1.82) is 0 Å². The summed E-state index contributed by atoms with van der Waals surface area (Å²) < 4.78 is 26.5. The maximum Gasteiger partial charge on any atom is 0.244 e. The maximum absolute atomic E-state index is 12.6. The smallest absolute Gasteiger partial charge is 0.244 e. The van der Waals surface area contributed by atoms with E-state index in [9.17, 15) is 8.42 Å². The van der Waals surface area contributed by atoms with Crippen LogP contribution in [0.15, 0.2) is 23.1 Å². The first-order chi connectivity index (χ1) is 9.84. The topological polar surface area (TPSA) is 63.4 Å². The van der Waals surface area contributed by atoms with Gasteiger partial charge in [-0.1, -0.05) is 36.8 Å². The number of rotatable bonds is 5. The van der Waals surface area contributed by atoms with Crippen LogP contribution in [0.1, 0.15) is 32.3 Å². The van der Waals surface area contributed by atoms with E-state index >= 15 is 0 Å². The van der Waals surface area contributed by atoms with Crippen molar-refractivity contribution in [2.24, 2.45) is 5.73 Å². The summed E-state index contributed by atoms with van der Waals surface area (Å²) in [5.74, 6) is 5.54. The van der Waals surface area contributed by atoms with Crippen LogP contribution in [0.3, 0.4) is 0 Å². The number of benzene rings is 1. The van der Waals surface area contributed by atoms with Crippen molar-refractivity contribution in [3.8, 4) is 11.8 Å². The van der Waals surface area contributed by atoms with Crippen molar-refractivity contribution in [1.82, 2.24) is 4.31 Å². The summed E-state index contributed by atoms with van der Waals surface area (Å²) in [4.78, 5) is 0.105. The van der Waals surface area contributed by atoms with Crippen molar-refractivity contribution in [3.63, 3.8) is 0 Å². The zero-order valence-electron chi connectivity index (χ0n) is 12.6. The molecule has 0 amide bonds. The molecular formula is C15H21ClN2O2S. The summed E-state index contributed by atoms with van der Waals surface area (Å²) in [5, 5.41) is 0.175. The first kappa shape index (κ1) is 18.0. The fourth-order valence-corrected chi connectivity index (χ4v) is 3.84. The van der Waals surface area contributed by atoms with Crippen LogP contribution in [0, 0.1) is 11.8 Å². The van der Waals surface area contributed by atoms with Gasteiger partial charge < -0.3 is 5.73 Å². The van der Waals surface area contributed by atoms with E-state index in [0.29, 0.717) is 5.56 Å². The molecule has 0 bridgehead atoms. The van der Waals surface area contributed by atoms with E-state index in [0.717, 1.165) is 12.8 Å². The van der Waals surface area contributed by atoms with Gasteiger partial charge in [0.05, 0.1) is 11.6 Å². The second kappa shape index (κ2) is 7.81. The minimum atomic E-state index is -3.60. The lowest BCUT2D eigenvalue weighted by Crippen LogP contribution is -2.35. The van der Waals surface area contributed by atoms with Gasteiger partial charge >= 0.3 is 0 Å². The predicted molar refractivity (Wildman–Crippen MR) is 86.7 cm³/mol. The van der Waals surface area contributed by atoms with E-state index in [1.54, 1.807) is 19.2 Å². The molecule has 0 aliphatic rings. The molecule has 6 heteroatoms. The Bertz CT molecular complexity index is 647. The van der Waals surface area contributed by atoms with Crippen molar-refractivity contribution >= 4 is 21.6 Å². The van der Waals surface area contributed by atoms with Crippen molar-refractivity contribution in [2.75, 3.05) is 13.6 Å². The van der Waals surface area contributed by atoms with Gasteiger partial charge in [-0.15, -0.1) is 0 Å². The number of nitrogens with zero attached hydrogens (tertiary/aromatic N) is 1. The molecular weight excluding hydrogens is 308 g/mol. The van der Waals surface area contributed by atoms with Gasteiger partial charge in [-0.2, -0.15) is 4.31 Å². The summed E-state index contributed by atoms with van der Waals surface area (Å²) in [6.07, 6.45) is 1.72. The second-order valence-corrected chi connectivity index (χ2v) is 7.18. The molecule has 1 rings (SSSR count). The molecule has 0 fully saturated rings. The molecule has 0 heterocycles. The van der Waals surface area contributed by atoms with Gasteiger partial charge in [-0.25, -0.2) is 8.42 Å². The van der Waals surface area contributed by atoms with Gasteiger partial charge in [-0.05, 0) is 31.5 Å². The lowest BCUT2D eigenvalue weighted by atomic mass is 10.2. The van der Waals surface area contributed by atoms with E-state index in [-0.39, 0.29) is 22.5 Å². The van der Waals surface area contributed by atoms with Crippen molar-refractivity contribution < 1.29 is 8.42 Å². The second-order valence-electron chi connectivity index (χ2n) is 4.81. The molecule has 116 valence electrons. The lowest BCUT2D eigenvalue weighted by molar-refractivity contribution is 0.369. The lowest BCUT2D eigenvalue weighted by Gasteiger charge is -2.24. The van der Waals surface area contributed by atoms with Gasteiger partial charge in [0.15, 0.2) is 0 Å². The third-order valence-corrected chi connectivity index (χ3v) is 5.71. The molecule has 1 aromatic carbocycles. The van der Waals surface area contributed by atoms with E-state index < -0.39 is 10.0 Å². The van der Waals surface area contributed by atoms with Crippen molar-refractivity contribution in [3.05, 3.63) is 28.8 Å².